The summed E-state index contributed by atoms with van der Waals surface area (Å²) in [4.78, 5) is 4.46. The first kappa shape index (κ1) is 23.2. The number of rotatable bonds is 6. The van der Waals surface area contributed by atoms with E-state index in [4.69, 9.17) is 4.52 Å². The van der Waals surface area contributed by atoms with E-state index in [9.17, 15) is 21.6 Å². The van der Waals surface area contributed by atoms with E-state index >= 15 is 0 Å². The zero-order valence-electron chi connectivity index (χ0n) is 17.9. The maximum Gasteiger partial charge on any atom is 0.416 e. The van der Waals surface area contributed by atoms with Gasteiger partial charge in [0.2, 0.25) is 21.7 Å². The normalized spacial score (nSPS) is 15.5. The first-order chi connectivity index (χ1) is 15.6. The topological polar surface area (TPSA) is 88.3 Å². The van der Waals surface area contributed by atoms with Crippen molar-refractivity contribution < 1.29 is 26.1 Å². The number of hydrogen-bond acceptors (Lipinski definition) is 6. The molecule has 0 amide bonds. The molecule has 0 unspecified atom stereocenters. The van der Waals surface area contributed by atoms with E-state index in [0.717, 1.165) is 31.4 Å². The highest BCUT2D eigenvalue weighted by molar-refractivity contribution is 7.89. The molecule has 11 heteroatoms. The lowest BCUT2D eigenvalue weighted by Gasteiger charge is -2.26. The summed E-state index contributed by atoms with van der Waals surface area (Å²) in [7, 11) is -3.58. The summed E-state index contributed by atoms with van der Waals surface area (Å²) in [5, 5.41) is 6.88. The Bertz CT molecular complexity index is 1220. The molecule has 4 rings (SSSR count). The lowest BCUT2D eigenvalue weighted by atomic mass is 10.1. The second kappa shape index (κ2) is 9.14. The van der Waals surface area contributed by atoms with Gasteiger partial charge in [-0.25, -0.2) is 8.42 Å². The maximum atomic E-state index is 13.1. The molecule has 0 spiro atoms. The van der Waals surface area contributed by atoms with Gasteiger partial charge in [0, 0.05) is 24.3 Å². The van der Waals surface area contributed by atoms with Crippen LogP contribution < -0.4 is 5.32 Å². The standard InChI is InChI=1S/C22H23F3N4O3S/c1-15-5-10-18(13-19(15)33(30,31)29-11-3-2-4-12-29)26-14-20-27-21(28-32-20)16-6-8-17(9-7-16)22(23,24)25/h5-10,13,26H,2-4,11-12,14H2,1H3. The van der Waals surface area contributed by atoms with Gasteiger partial charge in [0.15, 0.2) is 0 Å². The average molecular weight is 481 g/mol. The molecule has 1 aliphatic heterocycles. The Hall–Kier alpha value is -2.92. The minimum absolute atomic E-state index is 0.125. The van der Waals surface area contributed by atoms with Gasteiger partial charge < -0.3 is 9.84 Å². The van der Waals surface area contributed by atoms with Gasteiger partial charge in [0.05, 0.1) is 17.0 Å². The Kier molecular flexibility index (Phi) is 6.44. The predicted octanol–water partition coefficient (Wildman–Crippen LogP) is 4.85. The van der Waals surface area contributed by atoms with Crippen LogP contribution in [0.3, 0.4) is 0 Å². The number of piperidine rings is 1. The third-order valence-electron chi connectivity index (χ3n) is 5.50. The molecule has 1 fully saturated rings. The molecule has 0 bridgehead atoms. The summed E-state index contributed by atoms with van der Waals surface area (Å²) in [5.74, 6) is 0.378. The van der Waals surface area contributed by atoms with Gasteiger partial charge in [-0.3, -0.25) is 0 Å². The first-order valence-electron chi connectivity index (χ1n) is 10.5. The van der Waals surface area contributed by atoms with Gasteiger partial charge in [-0.15, -0.1) is 0 Å². The lowest BCUT2D eigenvalue weighted by molar-refractivity contribution is -0.137. The van der Waals surface area contributed by atoms with E-state index in [1.807, 2.05) is 0 Å². The smallest absolute Gasteiger partial charge is 0.376 e. The van der Waals surface area contributed by atoms with Crippen molar-refractivity contribution in [2.24, 2.45) is 0 Å². The summed E-state index contributed by atoms with van der Waals surface area (Å²) in [6.07, 6.45) is -1.67. The van der Waals surface area contributed by atoms with Crippen molar-refractivity contribution in [3.05, 3.63) is 59.5 Å². The SMILES string of the molecule is Cc1ccc(NCc2nc(-c3ccc(C(F)(F)F)cc3)no2)cc1S(=O)(=O)N1CCCCC1. The Labute approximate surface area is 189 Å². The van der Waals surface area contributed by atoms with E-state index in [2.05, 4.69) is 15.5 Å². The fourth-order valence-electron chi connectivity index (χ4n) is 3.66. The van der Waals surface area contributed by atoms with Crippen LogP contribution in [0.4, 0.5) is 18.9 Å². The number of sulfonamides is 1. The van der Waals surface area contributed by atoms with E-state index in [1.165, 1.54) is 16.4 Å². The molecule has 1 aromatic heterocycles. The van der Waals surface area contributed by atoms with Crippen molar-refractivity contribution in [1.82, 2.24) is 14.4 Å². The highest BCUT2D eigenvalue weighted by atomic mass is 32.2. The van der Waals surface area contributed by atoms with E-state index < -0.39 is 21.8 Å². The van der Waals surface area contributed by atoms with Crippen LogP contribution in [0.2, 0.25) is 0 Å². The van der Waals surface area contributed by atoms with Crippen LogP contribution in [0.5, 0.6) is 0 Å². The number of aryl methyl sites for hydroxylation is 1. The average Bonchev–Trinajstić information content (AvgIpc) is 3.27. The minimum Gasteiger partial charge on any atom is -0.376 e. The number of nitrogens with zero attached hydrogens (tertiary/aromatic N) is 3. The number of halogens is 3. The summed E-state index contributed by atoms with van der Waals surface area (Å²) in [5.41, 5.74) is 0.869. The molecule has 33 heavy (non-hydrogen) atoms. The Morgan fingerprint density at radius 1 is 1.06 bits per heavy atom. The molecule has 3 aromatic rings. The molecule has 7 nitrogen and oxygen atoms in total. The number of alkyl halides is 3. The predicted molar refractivity (Wildman–Crippen MR) is 116 cm³/mol. The van der Waals surface area contributed by atoms with Gasteiger partial charge >= 0.3 is 6.18 Å². The largest absolute Gasteiger partial charge is 0.416 e. The summed E-state index contributed by atoms with van der Waals surface area (Å²) in [6, 6.07) is 9.57. The summed E-state index contributed by atoms with van der Waals surface area (Å²) < 4.78 is 71.0. The number of nitrogens with one attached hydrogen (secondary N) is 1. The molecule has 1 saturated heterocycles. The quantitative estimate of drug-likeness (QED) is 0.543. The second-order valence-corrected chi connectivity index (χ2v) is 9.79. The van der Waals surface area contributed by atoms with Crippen LogP contribution in [-0.2, 0) is 22.7 Å². The molecule has 1 N–H and O–H groups in total. The first-order valence-corrected chi connectivity index (χ1v) is 11.9. The van der Waals surface area contributed by atoms with Crippen LogP contribution in [0.25, 0.3) is 11.4 Å². The Morgan fingerprint density at radius 2 is 1.76 bits per heavy atom. The van der Waals surface area contributed by atoms with Crippen molar-refractivity contribution in [3.63, 3.8) is 0 Å². The maximum absolute atomic E-state index is 13.1. The van der Waals surface area contributed by atoms with Crippen LogP contribution in [0, 0.1) is 6.92 Å². The number of aromatic nitrogens is 2. The number of anilines is 1. The molecule has 2 aromatic carbocycles. The highest BCUT2D eigenvalue weighted by Gasteiger charge is 2.30. The van der Waals surface area contributed by atoms with Crippen molar-refractivity contribution in [3.8, 4) is 11.4 Å². The fourth-order valence-corrected chi connectivity index (χ4v) is 5.43. The van der Waals surface area contributed by atoms with Gasteiger partial charge in [-0.2, -0.15) is 22.5 Å². The molecule has 0 saturated carbocycles. The molecule has 0 atom stereocenters. The van der Waals surface area contributed by atoms with E-state index in [1.54, 1.807) is 25.1 Å². The third-order valence-corrected chi connectivity index (χ3v) is 7.54. The van der Waals surface area contributed by atoms with Gasteiger partial charge in [0.1, 0.15) is 0 Å². The molecule has 0 radical (unpaired) electrons. The Morgan fingerprint density at radius 3 is 2.42 bits per heavy atom. The zero-order valence-corrected chi connectivity index (χ0v) is 18.7. The van der Waals surface area contributed by atoms with E-state index in [-0.39, 0.29) is 23.2 Å². The number of hydrogen-bond donors (Lipinski definition) is 1. The minimum atomic E-state index is -4.42. The zero-order chi connectivity index (χ0) is 23.6. The lowest BCUT2D eigenvalue weighted by Crippen LogP contribution is -2.36. The van der Waals surface area contributed by atoms with Gasteiger partial charge in [0.25, 0.3) is 0 Å². The monoisotopic (exact) mass is 480 g/mol. The molecular weight excluding hydrogens is 457 g/mol. The molecule has 176 valence electrons. The highest BCUT2D eigenvalue weighted by Crippen LogP contribution is 2.30. The van der Waals surface area contributed by atoms with E-state index in [0.29, 0.717) is 29.9 Å². The summed E-state index contributed by atoms with van der Waals surface area (Å²) in [6.45, 7) is 2.93. The second-order valence-electron chi connectivity index (χ2n) is 7.89. The van der Waals surface area contributed by atoms with Crippen molar-refractivity contribution in [2.45, 2.75) is 43.8 Å². The summed E-state index contributed by atoms with van der Waals surface area (Å²) >= 11 is 0. The fraction of sp³-hybridized carbons (Fsp3) is 0.364. The molecule has 1 aliphatic rings. The van der Waals surface area contributed by atoms with Gasteiger partial charge in [-0.1, -0.05) is 29.8 Å². The van der Waals surface area contributed by atoms with Gasteiger partial charge in [-0.05, 0) is 49.6 Å². The van der Waals surface area contributed by atoms with Crippen molar-refractivity contribution >= 4 is 15.7 Å². The number of benzene rings is 2. The van der Waals surface area contributed by atoms with Crippen LogP contribution >= 0.6 is 0 Å². The molecule has 2 heterocycles. The Balaban J connectivity index is 1.46. The van der Waals surface area contributed by atoms with Crippen LogP contribution in [-0.4, -0.2) is 36.0 Å². The van der Waals surface area contributed by atoms with Crippen LogP contribution in [0.15, 0.2) is 51.9 Å². The van der Waals surface area contributed by atoms with Crippen molar-refractivity contribution in [2.75, 3.05) is 18.4 Å². The van der Waals surface area contributed by atoms with Crippen LogP contribution in [0.1, 0.15) is 36.3 Å². The molecule has 0 aliphatic carbocycles. The van der Waals surface area contributed by atoms with Crippen molar-refractivity contribution in [1.29, 1.82) is 0 Å². The molecular formula is C22H23F3N4O3S. The third kappa shape index (κ3) is 5.19.